The zero-order valence-electron chi connectivity index (χ0n) is 17.3. The maximum absolute atomic E-state index is 12.7. The molecule has 164 valence electrons. The second kappa shape index (κ2) is 10.6. The Morgan fingerprint density at radius 1 is 1.38 bits per heavy atom. The van der Waals surface area contributed by atoms with Gasteiger partial charge < -0.3 is 20.1 Å². The van der Waals surface area contributed by atoms with E-state index in [1.165, 1.54) is 4.90 Å². The average Bonchev–Trinajstić information content (AvgIpc) is 3.13. The van der Waals surface area contributed by atoms with Gasteiger partial charge in [0.1, 0.15) is 11.5 Å². The van der Waals surface area contributed by atoms with E-state index in [9.17, 15) is 18.3 Å². The van der Waals surface area contributed by atoms with Gasteiger partial charge in [-0.1, -0.05) is 6.92 Å². The largest absolute Gasteiger partial charge is 0.508 e. The van der Waals surface area contributed by atoms with Crippen LogP contribution in [0.2, 0.25) is 0 Å². The SMILES string of the molecule is CCNC(=NCc1cc(OC)ccc1O)N1CCC(CN(CC)CC(F)(F)F)C1. The van der Waals surface area contributed by atoms with Crippen molar-refractivity contribution in [1.82, 2.24) is 15.1 Å². The summed E-state index contributed by atoms with van der Waals surface area (Å²) in [6.07, 6.45) is -3.35. The van der Waals surface area contributed by atoms with Crippen molar-refractivity contribution >= 4 is 5.96 Å². The molecule has 0 bridgehead atoms. The average molecular weight is 416 g/mol. The third kappa shape index (κ3) is 7.30. The quantitative estimate of drug-likeness (QED) is 0.504. The maximum atomic E-state index is 12.7. The summed E-state index contributed by atoms with van der Waals surface area (Å²) in [4.78, 5) is 8.14. The van der Waals surface area contributed by atoms with E-state index in [1.54, 1.807) is 32.2 Å². The Balaban J connectivity index is 2.01. The van der Waals surface area contributed by atoms with Crippen molar-refractivity contribution in [2.24, 2.45) is 10.9 Å². The molecule has 1 saturated heterocycles. The lowest BCUT2D eigenvalue weighted by Gasteiger charge is -2.26. The lowest BCUT2D eigenvalue weighted by Crippen LogP contribution is -2.41. The van der Waals surface area contributed by atoms with E-state index in [0.717, 1.165) is 13.0 Å². The summed E-state index contributed by atoms with van der Waals surface area (Å²) in [5.41, 5.74) is 0.651. The monoisotopic (exact) mass is 416 g/mol. The van der Waals surface area contributed by atoms with Crippen LogP contribution >= 0.6 is 0 Å². The fourth-order valence-corrected chi connectivity index (χ4v) is 3.50. The van der Waals surface area contributed by atoms with E-state index in [4.69, 9.17) is 4.74 Å². The van der Waals surface area contributed by atoms with Crippen LogP contribution in [-0.4, -0.2) is 73.4 Å². The molecule has 0 aromatic heterocycles. The fourth-order valence-electron chi connectivity index (χ4n) is 3.50. The number of hydrogen-bond donors (Lipinski definition) is 2. The molecule has 6 nitrogen and oxygen atoms in total. The molecule has 2 rings (SSSR count). The number of ether oxygens (including phenoxy) is 1. The van der Waals surface area contributed by atoms with Crippen LogP contribution in [0.3, 0.4) is 0 Å². The van der Waals surface area contributed by atoms with E-state index in [1.807, 2.05) is 6.92 Å². The van der Waals surface area contributed by atoms with Crippen LogP contribution in [0.1, 0.15) is 25.8 Å². The molecule has 29 heavy (non-hydrogen) atoms. The van der Waals surface area contributed by atoms with Gasteiger partial charge in [-0.15, -0.1) is 0 Å². The Hall–Kier alpha value is -2.16. The lowest BCUT2D eigenvalue weighted by molar-refractivity contribution is -0.146. The zero-order chi connectivity index (χ0) is 21.4. The third-order valence-corrected chi connectivity index (χ3v) is 4.97. The smallest absolute Gasteiger partial charge is 0.401 e. The minimum atomic E-state index is -4.18. The summed E-state index contributed by atoms with van der Waals surface area (Å²) in [5.74, 6) is 1.65. The Morgan fingerprint density at radius 2 is 2.14 bits per heavy atom. The first-order valence-electron chi connectivity index (χ1n) is 9.94. The number of nitrogens with one attached hydrogen (secondary N) is 1. The topological polar surface area (TPSA) is 60.3 Å². The number of aromatic hydroxyl groups is 1. The molecule has 0 aliphatic carbocycles. The first kappa shape index (κ1) is 23.1. The van der Waals surface area contributed by atoms with Crippen molar-refractivity contribution in [3.8, 4) is 11.5 Å². The van der Waals surface area contributed by atoms with Crippen molar-refractivity contribution in [3.63, 3.8) is 0 Å². The number of likely N-dealkylation sites (tertiary alicyclic amines) is 1. The van der Waals surface area contributed by atoms with Gasteiger partial charge in [0.05, 0.1) is 20.2 Å². The predicted molar refractivity (Wildman–Crippen MR) is 107 cm³/mol. The molecule has 1 aromatic carbocycles. The maximum Gasteiger partial charge on any atom is 0.401 e. The third-order valence-electron chi connectivity index (χ3n) is 4.97. The van der Waals surface area contributed by atoms with Crippen LogP contribution in [0.5, 0.6) is 11.5 Å². The number of phenols is 1. The van der Waals surface area contributed by atoms with Crippen LogP contribution in [0.4, 0.5) is 13.2 Å². The molecule has 0 radical (unpaired) electrons. The Kier molecular flexibility index (Phi) is 8.43. The number of alkyl halides is 3. The number of nitrogens with zero attached hydrogens (tertiary/aromatic N) is 3. The number of phenolic OH excluding ortho intramolecular Hbond substituents is 1. The molecule has 1 aliphatic heterocycles. The number of hydrogen-bond acceptors (Lipinski definition) is 4. The molecule has 1 atom stereocenters. The fraction of sp³-hybridized carbons (Fsp3) is 0.650. The lowest BCUT2D eigenvalue weighted by atomic mass is 10.1. The molecule has 0 saturated carbocycles. The molecular formula is C20H31F3N4O2. The highest BCUT2D eigenvalue weighted by Crippen LogP contribution is 2.24. The van der Waals surface area contributed by atoms with Gasteiger partial charge in [0.25, 0.3) is 0 Å². The van der Waals surface area contributed by atoms with Crippen LogP contribution in [0.25, 0.3) is 0 Å². The van der Waals surface area contributed by atoms with Gasteiger partial charge in [-0.25, -0.2) is 4.99 Å². The first-order chi connectivity index (χ1) is 13.8. The first-order valence-corrected chi connectivity index (χ1v) is 9.94. The summed E-state index contributed by atoms with van der Waals surface area (Å²) in [6, 6.07) is 4.99. The molecule has 1 heterocycles. The van der Waals surface area contributed by atoms with E-state index >= 15 is 0 Å². The number of aliphatic imine (C=N–C) groups is 1. The van der Waals surface area contributed by atoms with Crippen LogP contribution < -0.4 is 10.1 Å². The van der Waals surface area contributed by atoms with E-state index in [-0.39, 0.29) is 18.2 Å². The van der Waals surface area contributed by atoms with Crippen molar-refractivity contribution in [2.75, 3.05) is 46.4 Å². The molecule has 9 heteroatoms. The number of rotatable bonds is 8. The number of guanidine groups is 1. The van der Waals surface area contributed by atoms with E-state index < -0.39 is 12.7 Å². The summed E-state index contributed by atoms with van der Waals surface area (Å²) in [6.45, 7) is 6.00. The second-order valence-electron chi connectivity index (χ2n) is 7.21. The Morgan fingerprint density at radius 3 is 2.76 bits per heavy atom. The molecule has 1 aromatic rings. The zero-order valence-corrected chi connectivity index (χ0v) is 17.3. The highest BCUT2D eigenvalue weighted by molar-refractivity contribution is 5.80. The van der Waals surface area contributed by atoms with Crippen molar-refractivity contribution in [1.29, 1.82) is 0 Å². The van der Waals surface area contributed by atoms with Gasteiger partial charge >= 0.3 is 6.18 Å². The van der Waals surface area contributed by atoms with E-state index in [2.05, 4.69) is 15.2 Å². The van der Waals surface area contributed by atoms with Crippen LogP contribution in [0.15, 0.2) is 23.2 Å². The summed E-state index contributed by atoms with van der Waals surface area (Å²) < 4.78 is 43.3. The van der Waals surface area contributed by atoms with Gasteiger partial charge in [0.2, 0.25) is 0 Å². The molecule has 1 aliphatic rings. The van der Waals surface area contributed by atoms with Crippen molar-refractivity contribution < 1.29 is 23.0 Å². The molecule has 2 N–H and O–H groups in total. The molecule has 1 unspecified atom stereocenters. The molecule has 1 fully saturated rings. The second-order valence-corrected chi connectivity index (χ2v) is 7.21. The van der Waals surface area contributed by atoms with Gasteiger partial charge in [0, 0.05) is 31.7 Å². The van der Waals surface area contributed by atoms with Crippen LogP contribution in [0, 0.1) is 5.92 Å². The number of benzene rings is 1. The summed E-state index contributed by atoms with van der Waals surface area (Å²) in [7, 11) is 1.56. The Labute approximate surface area is 170 Å². The Bertz CT molecular complexity index is 682. The molecule has 0 spiro atoms. The van der Waals surface area contributed by atoms with Gasteiger partial charge in [-0.3, -0.25) is 4.90 Å². The normalized spacial score (nSPS) is 17.8. The molecule has 0 amide bonds. The van der Waals surface area contributed by atoms with Gasteiger partial charge in [-0.05, 0) is 44.0 Å². The van der Waals surface area contributed by atoms with Gasteiger partial charge in [0.15, 0.2) is 5.96 Å². The highest BCUT2D eigenvalue weighted by Gasteiger charge is 2.33. The summed E-state index contributed by atoms with van der Waals surface area (Å²) >= 11 is 0. The van der Waals surface area contributed by atoms with Gasteiger partial charge in [-0.2, -0.15) is 13.2 Å². The number of methoxy groups -OCH3 is 1. The molecular weight excluding hydrogens is 385 g/mol. The van der Waals surface area contributed by atoms with Crippen molar-refractivity contribution in [2.45, 2.75) is 33.0 Å². The minimum absolute atomic E-state index is 0.149. The van der Waals surface area contributed by atoms with E-state index in [0.29, 0.717) is 43.5 Å². The number of halogens is 3. The van der Waals surface area contributed by atoms with Crippen molar-refractivity contribution in [3.05, 3.63) is 23.8 Å². The minimum Gasteiger partial charge on any atom is -0.508 e. The van der Waals surface area contributed by atoms with Crippen LogP contribution in [-0.2, 0) is 6.54 Å². The summed E-state index contributed by atoms with van der Waals surface area (Å²) in [5, 5.41) is 13.3. The highest BCUT2D eigenvalue weighted by atomic mass is 19.4. The standard InChI is InChI=1S/C20H31F3N4O2/c1-4-24-19(25-11-16-10-17(29-3)6-7-18(16)28)27-9-8-15(13-27)12-26(5-2)14-20(21,22)23/h6-7,10,15,28H,4-5,8-9,11-14H2,1-3H3,(H,24,25). The predicted octanol–water partition coefficient (Wildman–Crippen LogP) is 3.07.